The van der Waals surface area contributed by atoms with Gasteiger partial charge < -0.3 is 5.73 Å². The Labute approximate surface area is 118 Å². The number of halogens is 3. The molecule has 1 aromatic carbocycles. The van der Waals surface area contributed by atoms with E-state index in [0.717, 1.165) is 19.0 Å². The minimum absolute atomic E-state index is 0.122. The lowest BCUT2D eigenvalue weighted by molar-refractivity contribution is 0.178. The van der Waals surface area contributed by atoms with Gasteiger partial charge in [0.15, 0.2) is 11.6 Å². The first-order valence-corrected chi connectivity index (χ1v) is 7.03. The van der Waals surface area contributed by atoms with Crippen LogP contribution in [0, 0.1) is 23.4 Å². The van der Waals surface area contributed by atoms with Gasteiger partial charge in [-0.15, -0.1) is 0 Å². The first kappa shape index (κ1) is 17.0. The zero-order chi connectivity index (χ0) is 15.3. The van der Waals surface area contributed by atoms with E-state index in [1.165, 1.54) is 0 Å². The molecule has 0 aromatic heterocycles. The summed E-state index contributed by atoms with van der Waals surface area (Å²) < 4.78 is 40.3. The molecule has 1 aromatic rings. The van der Waals surface area contributed by atoms with Crippen LogP contribution in [0.1, 0.15) is 38.8 Å². The summed E-state index contributed by atoms with van der Waals surface area (Å²) in [6.45, 7) is 7.69. The van der Waals surface area contributed by atoms with E-state index in [9.17, 15) is 13.2 Å². The zero-order valence-electron chi connectivity index (χ0n) is 12.3. The number of benzene rings is 1. The summed E-state index contributed by atoms with van der Waals surface area (Å²) in [5.74, 6) is -2.54. The summed E-state index contributed by atoms with van der Waals surface area (Å²) in [4.78, 5) is 2.00. The quantitative estimate of drug-likeness (QED) is 0.778. The van der Waals surface area contributed by atoms with Crippen molar-refractivity contribution in [2.75, 3.05) is 19.6 Å². The molecule has 1 rings (SSSR count). The largest absolute Gasteiger partial charge is 0.329 e. The smallest absolute Gasteiger partial charge is 0.161 e. The molecule has 20 heavy (non-hydrogen) atoms. The standard InChI is InChI=1S/C15H23F3N2/c1-4-10(3)9-20(5-2)15(8-19)11-6-13(17)14(18)7-12(11)16/h6-7,10,15H,4-5,8-9,19H2,1-3H3. The van der Waals surface area contributed by atoms with Gasteiger partial charge >= 0.3 is 0 Å². The second kappa shape index (κ2) is 7.64. The molecule has 0 aliphatic rings. The molecule has 2 nitrogen and oxygen atoms in total. The predicted octanol–water partition coefficient (Wildman–Crippen LogP) is 3.47. The number of rotatable bonds is 7. The van der Waals surface area contributed by atoms with Crippen LogP contribution in [0.4, 0.5) is 13.2 Å². The Morgan fingerprint density at radius 1 is 1.10 bits per heavy atom. The molecule has 114 valence electrons. The minimum Gasteiger partial charge on any atom is -0.329 e. The summed E-state index contributed by atoms with van der Waals surface area (Å²) >= 11 is 0. The molecule has 0 spiro atoms. The van der Waals surface area contributed by atoms with Gasteiger partial charge in [0.05, 0.1) is 6.04 Å². The van der Waals surface area contributed by atoms with Crippen molar-refractivity contribution >= 4 is 0 Å². The van der Waals surface area contributed by atoms with Crippen LogP contribution in [0.15, 0.2) is 12.1 Å². The highest BCUT2D eigenvalue weighted by Gasteiger charge is 2.23. The summed E-state index contributed by atoms with van der Waals surface area (Å²) in [5, 5.41) is 0. The van der Waals surface area contributed by atoms with Crippen LogP contribution in [-0.2, 0) is 0 Å². The minimum atomic E-state index is -1.17. The van der Waals surface area contributed by atoms with E-state index in [2.05, 4.69) is 13.8 Å². The van der Waals surface area contributed by atoms with Crippen LogP contribution in [0.2, 0.25) is 0 Å². The van der Waals surface area contributed by atoms with Crippen molar-refractivity contribution in [3.63, 3.8) is 0 Å². The van der Waals surface area contributed by atoms with E-state index in [-0.39, 0.29) is 12.1 Å². The second-order valence-corrected chi connectivity index (χ2v) is 5.14. The Hall–Kier alpha value is -1.07. The number of hydrogen-bond acceptors (Lipinski definition) is 2. The molecule has 0 aliphatic heterocycles. The van der Waals surface area contributed by atoms with Gasteiger partial charge in [0, 0.05) is 24.7 Å². The molecule has 0 amide bonds. The Morgan fingerprint density at radius 2 is 1.70 bits per heavy atom. The monoisotopic (exact) mass is 288 g/mol. The topological polar surface area (TPSA) is 29.3 Å². The highest BCUT2D eigenvalue weighted by molar-refractivity contribution is 5.24. The lowest BCUT2D eigenvalue weighted by Crippen LogP contribution is -2.37. The Balaban J connectivity index is 3.07. The van der Waals surface area contributed by atoms with E-state index < -0.39 is 23.5 Å². The van der Waals surface area contributed by atoms with Crippen molar-refractivity contribution in [3.05, 3.63) is 35.1 Å². The Morgan fingerprint density at radius 3 is 2.20 bits per heavy atom. The number of likely N-dealkylation sites (N-methyl/N-ethyl adjacent to an activating group) is 1. The fraction of sp³-hybridized carbons (Fsp3) is 0.600. The molecule has 5 heteroatoms. The van der Waals surface area contributed by atoms with Gasteiger partial charge in [-0.3, -0.25) is 4.90 Å². The van der Waals surface area contributed by atoms with Crippen molar-refractivity contribution in [1.29, 1.82) is 0 Å². The lowest BCUT2D eigenvalue weighted by atomic mass is 10.0. The third-order valence-corrected chi connectivity index (χ3v) is 3.71. The van der Waals surface area contributed by atoms with Crippen molar-refractivity contribution in [1.82, 2.24) is 4.90 Å². The van der Waals surface area contributed by atoms with Crippen LogP contribution < -0.4 is 5.73 Å². The van der Waals surface area contributed by atoms with Crippen LogP contribution in [0.3, 0.4) is 0 Å². The van der Waals surface area contributed by atoms with Crippen molar-refractivity contribution < 1.29 is 13.2 Å². The number of nitrogens with two attached hydrogens (primary N) is 1. The molecular weight excluding hydrogens is 265 g/mol. The van der Waals surface area contributed by atoms with E-state index in [1.807, 2.05) is 11.8 Å². The highest BCUT2D eigenvalue weighted by atomic mass is 19.2. The number of hydrogen-bond donors (Lipinski definition) is 1. The maximum atomic E-state index is 13.9. The molecular formula is C15H23F3N2. The van der Waals surface area contributed by atoms with Crippen LogP contribution in [0.25, 0.3) is 0 Å². The van der Waals surface area contributed by atoms with Gasteiger partial charge in [-0.25, -0.2) is 13.2 Å². The third kappa shape index (κ3) is 3.96. The summed E-state index contributed by atoms with van der Waals surface area (Å²) in [6, 6.07) is 1.07. The number of nitrogens with zero attached hydrogens (tertiary/aromatic N) is 1. The SMILES string of the molecule is CCC(C)CN(CC)C(CN)c1cc(F)c(F)cc1F. The highest BCUT2D eigenvalue weighted by Crippen LogP contribution is 2.25. The average molecular weight is 288 g/mol. The van der Waals surface area contributed by atoms with Crippen LogP contribution >= 0.6 is 0 Å². The average Bonchev–Trinajstić information content (AvgIpc) is 2.43. The fourth-order valence-electron chi connectivity index (χ4n) is 2.27. The van der Waals surface area contributed by atoms with Gasteiger partial charge in [-0.2, -0.15) is 0 Å². The second-order valence-electron chi connectivity index (χ2n) is 5.14. The molecule has 2 N–H and O–H groups in total. The van der Waals surface area contributed by atoms with Gasteiger partial charge in [0.1, 0.15) is 5.82 Å². The van der Waals surface area contributed by atoms with E-state index in [4.69, 9.17) is 5.73 Å². The summed E-state index contributed by atoms with van der Waals surface area (Å²) in [7, 11) is 0. The van der Waals surface area contributed by atoms with Crippen molar-refractivity contribution in [2.45, 2.75) is 33.2 Å². The van der Waals surface area contributed by atoms with Crippen molar-refractivity contribution in [2.24, 2.45) is 11.7 Å². The molecule has 0 aliphatic carbocycles. The van der Waals surface area contributed by atoms with E-state index >= 15 is 0 Å². The van der Waals surface area contributed by atoms with Gasteiger partial charge in [0.2, 0.25) is 0 Å². The lowest BCUT2D eigenvalue weighted by Gasteiger charge is -2.32. The Bertz CT molecular complexity index is 437. The maximum Gasteiger partial charge on any atom is 0.161 e. The molecule has 0 heterocycles. The maximum absolute atomic E-state index is 13.9. The van der Waals surface area contributed by atoms with E-state index in [1.54, 1.807) is 0 Å². The first-order chi connectivity index (χ1) is 9.44. The van der Waals surface area contributed by atoms with Gasteiger partial charge in [0.25, 0.3) is 0 Å². The van der Waals surface area contributed by atoms with Crippen LogP contribution in [0.5, 0.6) is 0 Å². The van der Waals surface area contributed by atoms with Crippen LogP contribution in [-0.4, -0.2) is 24.5 Å². The van der Waals surface area contributed by atoms with Gasteiger partial charge in [-0.05, 0) is 18.5 Å². The third-order valence-electron chi connectivity index (χ3n) is 3.71. The molecule has 0 bridgehead atoms. The first-order valence-electron chi connectivity index (χ1n) is 7.03. The molecule has 2 unspecified atom stereocenters. The Kier molecular flexibility index (Phi) is 6.49. The predicted molar refractivity (Wildman–Crippen MR) is 74.8 cm³/mol. The van der Waals surface area contributed by atoms with Gasteiger partial charge in [-0.1, -0.05) is 27.2 Å². The summed E-state index contributed by atoms with van der Waals surface area (Å²) in [6.07, 6.45) is 0.994. The molecule has 0 radical (unpaired) electrons. The zero-order valence-corrected chi connectivity index (χ0v) is 12.3. The normalized spacial score (nSPS) is 14.6. The molecule has 0 saturated carbocycles. The molecule has 2 atom stereocenters. The molecule has 0 saturated heterocycles. The summed E-state index contributed by atoms with van der Waals surface area (Å²) in [5.41, 5.74) is 5.85. The van der Waals surface area contributed by atoms with Crippen molar-refractivity contribution in [3.8, 4) is 0 Å². The van der Waals surface area contributed by atoms with E-state index in [0.29, 0.717) is 18.5 Å². The fourth-order valence-corrected chi connectivity index (χ4v) is 2.27. The molecule has 0 fully saturated rings.